The van der Waals surface area contributed by atoms with Gasteiger partial charge in [-0.1, -0.05) is 0 Å². The molecule has 1 aromatic carbocycles. The number of nitro groups is 1. The second-order valence-electron chi connectivity index (χ2n) is 5.33. The number of halogens is 2. The van der Waals surface area contributed by atoms with Gasteiger partial charge < -0.3 is 14.8 Å². The van der Waals surface area contributed by atoms with Gasteiger partial charge in [0.2, 0.25) is 0 Å². The fourth-order valence-electron chi connectivity index (χ4n) is 2.65. The van der Waals surface area contributed by atoms with Crippen molar-refractivity contribution in [3.05, 3.63) is 52.6 Å². The molecule has 0 saturated carbocycles. The van der Waals surface area contributed by atoms with Gasteiger partial charge in [-0.25, -0.2) is 4.98 Å². The van der Waals surface area contributed by atoms with E-state index in [1.54, 1.807) is 34.0 Å². The average molecular weight is 388 g/mol. The lowest BCUT2D eigenvalue weighted by Gasteiger charge is -2.20. The first-order valence-corrected chi connectivity index (χ1v) is 7.43. The van der Waals surface area contributed by atoms with Gasteiger partial charge >= 0.3 is 0 Å². The summed E-state index contributed by atoms with van der Waals surface area (Å²) in [4.78, 5) is 29.1. The summed E-state index contributed by atoms with van der Waals surface area (Å²) in [7, 11) is 0. The van der Waals surface area contributed by atoms with Crippen LogP contribution >= 0.6 is 24.8 Å². The Morgan fingerprint density at radius 1 is 1.24 bits per heavy atom. The van der Waals surface area contributed by atoms with Crippen LogP contribution < -0.4 is 5.32 Å². The maximum atomic E-state index is 12.6. The van der Waals surface area contributed by atoms with E-state index in [0.717, 1.165) is 19.5 Å². The van der Waals surface area contributed by atoms with Gasteiger partial charge in [0, 0.05) is 43.7 Å². The van der Waals surface area contributed by atoms with Gasteiger partial charge in [-0.3, -0.25) is 14.9 Å². The fraction of sp³-hybridized carbons (Fsp3) is 0.333. The normalized spacial score (nSPS) is 14.0. The molecule has 0 aliphatic carbocycles. The number of nitrogens with zero attached hydrogens (tertiary/aromatic N) is 4. The molecule has 1 aliphatic heterocycles. The molecule has 1 N–H and O–H groups in total. The lowest BCUT2D eigenvalue weighted by Crippen LogP contribution is -2.34. The molecule has 136 valence electrons. The summed E-state index contributed by atoms with van der Waals surface area (Å²) < 4.78 is 1.56. The van der Waals surface area contributed by atoms with Crippen molar-refractivity contribution in [2.45, 2.75) is 6.42 Å². The molecule has 1 amide bonds. The molecule has 8 nitrogen and oxygen atoms in total. The minimum Gasteiger partial charge on any atom is -0.337 e. The summed E-state index contributed by atoms with van der Waals surface area (Å²) in [5, 5.41) is 14.6. The lowest BCUT2D eigenvalue weighted by molar-refractivity contribution is -0.384. The van der Waals surface area contributed by atoms with Crippen LogP contribution in [0.15, 0.2) is 36.9 Å². The summed E-state index contributed by atoms with van der Waals surface area (Å²) in [6, 6.07) is 4.56. The minimum absolute atomic E-state index is 0. The smallest absolute Gasteiger partial charge is 0.294 e. The number of nitrogens with one attached hydrogen (secondary N) is 1. The second-order valence-corrected chi connectivity index (χ2v) is 5.33. The Kier molecular flexibility index (Phi) is 7.82. The largest absolute Gasteiger partial charge is 0.337 e. The molecule has 10 heteroatoms. The van der Waals surface area contributed by atoms with E-state index in [9.17, 15) is 14.9 Å². The van der Waals surface area contributed by atoms with Crippen molar-refractivity contribution >= 4 is 36.4 Å². The van der Waals surface area contributed by atoms with Gasteiger partial charge in [-0.2, -0.15) is 0 Å². The number of carbonyl (C=O) groups is 1. The topological polar surface area (TPSA) is 93.3 Å². The predicted octanol–water partition coefficient (Wildman–Crippen LogP) is 2.06. The van der Waals surface area contributed by atoms with Crippen LogP contribution in [-0.2, 0) is 0 Å². The number of imidazole rings is 1. The first-order valence-electron chi connectivity index (χ1n) is 7.43. The fourth-order valence-corrected chi connectivity index (χ4v) is 2.65. The first kappa shape index (κ1) is 20.9. The molecule has 0 atom stereocenters. The van der Waals surface area contributed by atoms with Crippen molar-refractivity contribution in [1.29, 1.82) is 0 Å². The lowest BCUT2D eigenvalue weighted by atomic mass is 10.1. The van der Waals surface area contributed by atoms with Gasteiger partial charge in [-0.05, 0) is 25.1 Å². The summed E-state index contributed by atoms with van der Waals surface area (Å²) in [6.07, 6.45) is 5.54. The Hall–Kier alpha value is -2.16. The molecule has 0 radical (unpaired) electrons. The van der Waals surface area contributed by atoms with Gasteiger partial charge in [0.25, 0.3) is 11.6 Å². The number of aromatic nitrogens is 2. The van der Waals surface area contributed by atoms with E-state index in [2.05, 4.69) is 10.3 Å². The highest BCUT2D eigenvalue weighted by atomic mass is 35.5. The van der Waals surface area contributed by atoms with Crippen LogP contribution in [0.4, 0.5) is 5.69 Å². The van der Waals surface area contributed by atoms with Crippen molar-refractivity contribution in [3.8, 4) is 5.69 Å². The summed E-state index contributed by atoms with van der Waals surface area (Å²) in [5.41, 5.74) is 0.617. The Morgan fingerprint density at radius 2 is 2.04 bits per heavy atom. The van der Waals surface area contributed by atoms with Gasteiger partial charge in [-0.15, -0.1) is 24.8 Å². The standard InChI is InChI=1S/C15H17N5O3.2ClH/c21-15(18-7-1-4-16-5-8-18)12-2-3-13(14(10-12)20(22)23)19-9-6-17-11-19;;/h2-3,6,9-11,16H,1,4-5,7-8H2;2*1H. The minimum atomic E-state index is -0.476. The third-order valence-electron chi connectivity index (χ3n) is 3.83. The van der Waals surface area contributed by atoms with E-state index in [0.29, 0.717) is 24.3 Å². The quantitative estimate of drug-likeness (QED) is 0.642. The van der Waals surface area contributed by atoms with Crippen molar-refractivity contribution in [1.82, 2.24) is 19.8 Å². The van der Waals surface area contributed by atoms with Gasteiger partial charge in [0.05, 0.1) is 11.3 Å². The number of nitro benzene ring substituents is 1. The van der Waals surface area contributed by atoms with Crippen LogP contribution in [0.2, 0.25) is 0 Å². The Labute approximate surface area is 157 Å². The third kappa shape index (κ3) is 4.68. The molecule has 1 fully saturated rings. The van der Waals surface area contributed by atoms with Crippen molar-refractivity contribution in [2.24, 2.45) is 0 Å². The summed E-state index contributed by atoms with van der Waals surface area (Å²) in [6.45, 7) is 2.88. The van der Waals surface area contributed by atoms with Gasteiger partial charge in [0.15, 0.2) is 0 Å². The van der Waals surface area contributed by atoms with E-state index >= 15 is 0 Å². The molecule has 1 aliphatic rings. The number of benzene rings is 1. The molecule has 2 heterocycles. The van der Waals surface area contributed by atoms with E-state index in [1.165, 1.54) is 12.4 Å². The highest BCUT2D eigenvalue weighted by Crippen LogP contribution is 2.25. The van der Waals surface area contributed by atoms with E-state index in [1.807, 2.05) is 0 Å². The molecule has 0 unspecified atom stereocenters. The Balaban J connectivity index is 0.00000156. The predicted molar refractivity (Wildman–Crippen MR) is 98.1 cm³/mol. The van der Waals surface area contributed by atoms with Crippen LogP contribution in [0.1, 0.15) is 16.8 Å². The van der Waals surface area contributed by atoms with Crippen LogP contribution in [-0.4, -0.2) is 51.5 Å². The monoisotopic (exact) mass is 387 g/mol. The molecule has 25 heavy (non-hydrogen) atoms. The molecular formula is C15H19Cl2N5O3. The van der Waals surface area contributed by atoms with Crippen LogP contribution in [0, 0.1) is 10.1 Å². The van der Waals surface area contributed by atoms with E-state index < -0.39 is 4.92 Å². The van der Waals surface area contributed by atoms with Crippen molar-refractivity contribution in [3.63, 3.8) is 0 Å². The number of hydrogen-bond donors (Lipinski definition) is 1. The molecule has 1 saturated heterocycles. The average Bonchev–Trinajstić information content (AvgIpc) is 2.96. The summed E-state index contributed by atoms with van der Waals surface area (Å²) in [5.74, 6) is -0.172. The maximum absolute atomic E-state index is 12.6. The van der Waals surface area contributed by atoms with Gasteiger partial charge in [0.1, 0.15) is 5.69 Å². The number of hydrogen-bond acceptors (Lipinski definition) is 5. The maximum Gasteiger partial charge on any atom is 0.294 e. The number of rotatable bonds is 3. The SMILES string of the molecule is Cl.Cl.O=C(c1ccc(-n2ccnc2)c([N+](=O)[O-])c1)N1CCCNCC1. The third-order valence-corrected chi connectivity index (χ3v) is 3.83. The Bertz CT molecular complexity index is 716. The summed E-state index contributed by atoms with van der Waals surface area (Å²) >= 11 is 0. The highest BCUT2D eigenvalue weighted by Gasteiger charge is 2.22. The second kappa shape index (κ2) is 9.36. The molecular weight excluding hydrogens is 369 g/mol. The highest BCUT2D eigenvalue weighted by molar-refractivity contribution is 5.95. The van der Waals surface area contributed by atoms with Crippen LogP contribution in [0.25, 0.3) is 5.69 Å². The zero-order chi connectivity index (χ0) is 16.2. The molecule has 2 aromatic rings. The zero-order valence-electron chi connectivity index (χ0n) is 13.3. The molecule has 0 spiro atoms. The molecule has 3 rings (SSSR count). The molecule has 0 bridgehead atoms. The van der Waals surface area contributed by atoms with Crippen LogP contribution in [0.5, 0.6) is 0 Å². The molecule has 1 aromatic heterocycles. The van der Waals surface area contributed by atoms with E-state index in [-0.39, 0.29) is 36.4 Å². The van der Waals surface area contributed by atoms with E-state index in [4.69, 9.17) is 0 Å². The van der Waals surface area contributed by atoms with Crippen molar-refractivity contribution < 1.29 is 9.72 Å². The van der Waals surface area contributed by atoms with Crippen molar-refractivity contribution in [2.75, 3.05) is 26.2 Å². The van der Waals surface area contributed by atoms with Crippen LogP contribution in [0.3, 0.4) is 0 Å². The number of amides is 1. The number of carbonyl (C=O) groups excluding carboxylic acids is 1. The first-order chi connectivity index (χ1) is 11.2. The zero-order valence-corrected chi connectivity index (χ0v) is 15.0. The Morgan fingerprint density at radius 3 is 2.72 bits per heavy atom.